The number of carbonyl (C=O) groups is 3. The monoisotopic (exact) mass is 409 g/mol. The summed E-state index contributed by atoms with van der Waals surface area (Å²) in [6.07, 6.45) is 0. The van der Waals surface area contributed by atoms with Crippen molar-refractivity contribution in [1.29, 1.82) is 0 Å². The molecular weight excluding hydrogens is 390 g/mol. The van der Waals surface area contributed by atoms with E-state index < -0.39 is 18.5 Å². The van der Waals surface area contributed by atoms with Crippen molar-refractivity contribution in [2.75, 3.05) is 20.2 Å². The minimum Gasteiger partial charge on any atom is -0.451 e. The molecule has 0 saturated carbocycles. The third-order valence-corrected chi connectivity index (χ3v) is 5.02. The lowest BCUT2D eigenvalue weighted by Crippen LogP contribution is -2.37. The van der Waals surface area contributed by atoms with Crippen molar-refractivity contribution in [1.82, 2.24) is 15.6 Å². The van der Waals surface area contributed by atoms with Crippen LogP contribution in [0.2, 0.25) is 0 Å². The van der Waals surface area contributed by atoms with Gasteiger partial charge in [-0.15, -0.1) is 11.3 Å². The molecule has 0 spiro atoms. The fourth-order valence-corrected chi connectivity index (χ4v) is 3.46. The van der Waals surface area contributed by atoms with E-state index in [-0.39, 0.29) is 12.5 Å². The van der Waals surface area contributed by atoms with E-state index in [0.29, 0.717) is 15.6 Å². The number of amides is 2. The molecule has 3 aromatic rings. The molecule has 3 rings (SSSR count). The van der Waals surface area contributed by atoms with Crippen molar-refractivity contribution in [3.05, 3.63) is 65.5 Å². The number of carbonyl (C=O) groups excluding carboxylic acids is 3. The first-order chi connectivity index (χ1) is 14.1. The molecule has 0 aliphatic heterocycles. The van der Waals surface area contributed by atoms with Crippen LogP contribution in [0.3, 0.4) is 0 Å². The van der Waals surface area contributed by atoms with Gasteiger partial charge in [0.05, 0.1) is 12.2 Å². The van der Waals surface area contributed by atoms with Crippen LogP contribution in [-0.2, 0) is 14.3 Å². The lowest BCUT2D eigenvalue weighted by molar-refractivity contribution is -0.127. The molecule has 0 bridgehead atoms. The molecule has 1 heterocycles. The largest absolute Gasteiger partial charge is 0.451 e. The molecule has 2 N–H and O–H groups in total. The van der Waals surface area contributed by atoms with Crippen LogP contribution in [0, 0.1) is 0 Å². The van der Waals surface area contributed by atoms with E-state index in [1.54, 1.807) is 0 Å². The van der Waals surface area contributed by atoms with E-state index in [1.807, 2.05) is 60.7 Å². The Morgan fingerprint density at radius 1 is 0.931 bits per heavy atom. The van der Waals surface area contributed by atoms with Gasteiger partial charge in [0.1, 0.15) is 9.88 Å². The Bertz CT molecular complexity index is 1000. The maximum absolute atomic E-state index is 12.7. The van der Waals surface area contributed by atoms with Gasteiger partial charge in [0.25, 0.3) is 5.91 Å². The van der Waals surface area contributed by atoms with Crippen LogP contribution in [-0.4, -0.2) is 43.0 Å². The molecule has 7 nitrogen and oxygen atoms in total. The van der Waals surface area contributed by atoms with Crippen molar-refractivity contribution in [3.8, 4) is 21.8 Å². The molecule has 0 atom stereocenters. The van der Waals surface area contributed by atoms with E-state index in [0.717, 1.165) is 11.1 Å². The maximum atomic E-state index is 12.7. The van der Waals surface area contributed by atoms with Gasteiger partial charge >= 0.3 is 5.97 Å². The van der Waals surface area contributed by atoms with Gasteiger partial charge in [-0.3, -0.25) is 9.59 Å². The SMILES string of the molecule is CNC(=O)CNC(=O)COC(=O)c1sc(-c2ccccc2)nc1-c1ccccc1. The topological polar surface area (TPSA) is 97.4 Å². The molecule has 8 heteroatoms. The molecule has 1 aromatic heterocycles. The Morgan fingerprint density at radius 3 is 2.17 bits per heavy atom. The van der Waals surface area contributed by atoms with Crippen LogP contribution in [0.15, 0.2) is 60.7 Å². The average Bonchev–Trinajstić information content (AvgIpc) is 3.22. The minimum absolute atomic E-state index is 0.180. The van der Waals surface area contributed by atoms with Gasteiger partial charge < -0.3 is 15.4 Å². The Hall–Kier alpha value is -3.52. The number of ether oxygens (including phenoxy) is 1. The van der Waals surface area contributed by atoms with Gasteiger partial charge in [-0.25, -0.2) is 9.78 Å². The zero-order valence-corrected chi connectivity index (χ0v) is 16.5. The summed E-state index contributed by atoms with van der Waals surface area (Å²) in [5.74, 6) is -1.54. The second-order valence-corrected chi connectivity index (χ2v) is 6.95. The number of nitrogens with zero attached hydrogens (tertiary/aromatic N) is 1. The van der Waals surface area contributed by atoms with Crippen LogP contribution in [0.1, 0.15) is 9.67 Å². The zero-order valence-electron chi connectivity index (χ0n) is 15.7. The van der Waals surface area contributed by atoms with E-state index in [1.165, 1.54) is 18.4 Å². The predicted molar refractivity (Wildman–Crippen MR) is 110 cm³/mol. The number of aromatic nitrogens is 1. The number of hydrogen-bond acceptors (Lipinski definition) is 6. The van der Waals surface area contributed by atoms with Crippen molar-refractivity contribution >= 4 is 29.1 Å². The minimum atomic E-state index is -0.640. The quantitative estimate of drug-likeness (QED) is 0.585. The Morgan fingerprint density at radius 2 is 1.55 bits per heavy atom. The summed E-state index contributed by atoms with van der Waals surface area (Å²) >= 11 is 1.21. The summed E-state index contributed by atoms with van der Waals surface area (Å²) in [6.45, 7) is -0.663. The average molecular weight is 409 g/mol. The summed E-state index contributed by atoms with van der Waals surface area (Å²) in [6, 6.07) is 18.8. The van der Waals surface area contributed by atoms with Crippen LogP contribution in [0.5, 0.6) is 0 Å². The zero-order chi connectivity index (χ0) is 20.6. The van der Waals surface area contributed by atoms with Gasteiger partial charge in [-0.05, 0) is 0 Å². The predicted octanol–water partition coefficient (Wildman–Crippen LogP) is 2.50. The highest BCUT2D eigenvalue weighted by molar-refractivity contribution is 7.17. The number of hydrogen-bond donors (Lipinski definition) is 2. The highest BCUT2D eigenvalue weighted by atomic mass is 32.1. The summed E-state index contributed by atoms with van der Waals surface area (Å²) in [4.78, 5) is 40.6. The molecule has 0 fully saturated rings. The van der Waals surface area contributed by atoms with Crippen molar-refractivity contribution in [3.63, 3.8) is 0 Å². The van der Waals surface area contributed by atoms with E-state index >= 15 is 0 Å². The molecule has 148 valence electrons. The fraction of sp³-hybridized carbons (Fsp3) is 0.143. The van der Waals surface area contributed by atoms with Crippen LogP contribution < -0.4 is 10.6 Å². The summed E-state index contributed by atoms with van der Waals surface area (Å²) in [5, 5.41) is 5.45. The third kappa shape index (κ3) is 5.26. The number of esters is 1. The summed E-state index contributed by atoms with van der Waals surface area (Å²) in [7, 11) is 1.47. The third-order valence-electron chi connectivity index (χ3n) is 3.94. The van der Waals surface area contributed by atoms with E-state index in [4.69, 9.17) is 4.74 Å². The first kappa shape index (κ1) is 20.2. The Labute approximate surface area is 171 Å². The lowest BCUT2D eigenvalue weighted by Gasteiger charge is -2.06. The maximum Gasteiger partial charge on any atom is 0.351 e. The fourth-order valence-electron chi connectivity index (χ4n) is 2.47. The molecule has 0 aliphatic carbocycles. The van der Waals surface area contributed by atoms with Gasteiger partial charge in [-0.1, -0.05) is 60.7 Å². The van der Waals surface area contributed by atoms with Crippen molar-refractivity contribution in [2.45, 2.75) is 0 Å². The smallest absolute Gasteiger partial charge is 0.351 e. The van der Waals surface area contributed by atoms with Crippen molar-refractivity contribution < 1.29 is 19.1 Å². The van der Waals surface area contributed by atoms with Gasteiger partial charge in [0.2, 0.25) is 5.91 Å². The lowest BCUT2D eigenvalue weighted by atomic mass is 10.1. The first-order valence-electron chi connectivity index (χ1n) is 8.84. The second-order valence-electron chi connectivity index (χ2n) is 5.95. The molecule has 0 aliphatic rings. The van der Waals surface area contributed by atoms with Crippen LogP contribution in [0.4, 0.5) is 0 Å². The summed E-state index contributed by atoms with van der Waals surface area (Å²) in [5.41, 5.74) is 2.17. The number of nitrogens with one attached hydrogen (secondary N) is 2. The van der Waals surface area contributed by atoms with Crippen LogP contribution in [0.25, 0.3) is 21.8 Å². The summed E-state index contributed by atoms with van der Waals surface area (Å²) < 4.78 is 5.15. The van der Waals surface area contributed by atoms with Crippen molar-refractivity contribution in [2.24, 2.45) is 0 Å². The number of likely N-dealkylation sites (N-methyl/N-ethyl adjacent to an activating group) is 1. The highest BCUT2D eigenvalue weighted by Gasteiger charge is 2.22. The molecule has 2 aromatic carbocycles. The standard InChI is InChI=1S/C21H19N3O4S/c1-22-16(25)12-23-17(26)13-28-21(27)19-18(14-8-4-2-5-9-14)24-20(29-19)15-10-6-3-7-11-15/h2-11H,12-13H2,1H3,(H,22,25)(H,23,26). The first-order valence-corrected chi connectivity index (χ1v) is 9.66. The van der Waals surface area contributed by atoms with Gasteiger partial charge in [0, 0.05) is 18.2 Å². The Balaban J connectivity index is 1.80. The number of rotatable bonds is 7. The van der Waals surface area contributed by atoms with Gasteiger partial charge in [-0.2, -0.15) is 0 Å². The number of thiazole rings is 1. The highest BCUT2D eigenvalue weighted by Crippen LogP contribution is 2.34. The molecule has 0 radical (unpaired) electrons. The Kier molecular flexibility index (Phi) is 6.70. The van der Waals surface area contributed by atoms with Gasteiger partial charge in [0.15, 0.2) is 6.61 Å². The molecule has 2 amide bonds. The molecular formula is C21H19N3O4S. The second kappa shape index (κ2) is 9.61. The van der Waals surface area contributed by atoms with Crippen LogP contribution >= 0.6 is 11.3 Å². The molecule has 0 saturated heterocycles. The van der Waals surface area contributed by atoms with E-state index in [9.17, 15) is 14.4 Å². The molecule has 29 heavy (non-hydrogen) atoms. The molecule has 0 unspecified atom stereocenters. The van der Waals surface area contributed by atoms with E-state index in [2.05, 4.69) is 15.6 Å². The number of benzene rings is 2. The normalized spacial score (nSPS) is 10.2.